The number of carbonyl (C=O) groups excluding carboxylic acids is 1. The van der Waals surface area contributed by atoms with E-state index >= 15 is 0 Å². The molecular formula is C14H20F2N2O. The maximum absolute atomic E-state index is 12.8. The Morgan fingerprint density at radius 1 is 1.32 bits per heavy atom. The number of hydrogen-bond acceptors (Lipinski definition) is 2. The van der Waals surface area contributed by atoms with E-state index in [9.17, 15) is 13.6 Å². The highest BCUT2D eigenvalue weighted by Crippen LogP contribution is 2.30. The van der Waals surface area contributed by atoms with E-state index in [2.05, 4.69) is 5.32 Å². The van der Waals surface area contributed by atoms with Gasteiger partial charge in [-0.05, 0) is 12.0 Å². The van der Waals surface area contributed by atoms with Gasteiger partial charge in [0, 0.05) is 12.0 Å². The molecule has 0 aliphatic carbocycles. The lowest BCUT2D eigenvalue weighted by molar-refractivity contribution is -0.121. The fourth-order valence-corrected chi connectivity index (χ4v) is 1.73. The van der Waals surface area contributed by atoms with Crippen molar-refractivity contribution in [3.63, 3.8) is 0 Å². The number of primary amides is 1. The second-order valence-electron chi connectivity index (χ2n) is 5.31. The van der Waals surface area contributed by atoms with Crippen LogP contribution < -0.4 is 11.1 Å². The van der Waals surface area contributed by atoms with Crippen molar-refractivity contribution in [1.29, 1.82) is 0 Å². The summed E-state index contributed by atoms with van der Waals surface area (Å²) in [7, 11) is 0. The highest BCUT2D eigenvalue weighted by atomic mass is 19.3. The van der Waals surface area contributed by atoms with Crippen molar-refractivity contribution in [2.45, 2.75) is 39.3 Å². The molecule has 0 saturated heterocycles. The molecule has 0 aromatic heterocycles. The van der Waals surface area contributed by atoms with Crippen molar-refractivity contribution in [2.75, 3.05) is 0 Å². The van der Waals surface area contributed by atoms with Gasteiger partial charge in [-0.15, -0.1) is 0 Å². The zero-order chi connectivity index (χ0) is 14.5. The predicted molar refractivity (Wildman–Crippen MR) is 70.7 cm³/mol. The van der Waals surface area contributed by atoms with Crippen LogP contribution in [-0.2, 0) is 11.3 Å². The Hall–Kier alpha value is -1.49. The molecule has 1 unspecified atom stereocenters. The van der Waals surface area contributed by atoms with Crippen LogP contribution in [0.2, 0.25) is 0 Å². The van der Waals surface area contributed by atoms with Crippen molar-refractivity contribution in [3.8, 4) is 0 Å². The summed E-state index contributed by atoms with van der Waals surface area (Å²) in [5.74, 6) is -0.607. The lowest BCUT2D eigenvalue weighted by atomic mass is 9.86. The van der Waals surface area contributed by atoms with E-state index in [1.54, 1.807) is 0 Å². The Morgan fingerprint density at radius 3 is 2.37 bits per heavy atom. The number of carbonyl (C=O) groups is 1. The first-order valence-electron chi connectivity index (χ1n) is 6.17. The monoisotopic (exact) mass is 270 g/mol. The molecule has 0 heterocycles. The number of nitrogens with two attached hydrogens (primary N) is 1. The van der Waals surface area contributed by atoms with E-state index in [4.69, 9.17) is 5.73 Å². The Labute approximate surface area is 112 Å². The molecule has 0 spiro atoms. The third kappa shape index (κ3) is 4.95. The summed E-state index contributed by atoms with van der Waals surface area (Å²) in [6.07, 6.45) is -2.49. The number of nitrogens with one attached hydrogen (secondary N) is 1. The normalized spacial score (nSPS) is 13.5. The second kappa shape index (κ2) is 6.61. The van der Waals surface area contributed by atoms with Gasteiger partial charge < -0.3 is 11.1 Å². The van der Waals surface area contributed by atoms with Crippen molar-refractivity contribution in [1.82, 2.24) is 5.32 Å². The summed E-state index contributed by atoms with van der Waals surface area (Å²) in [4.78, 5) is 11.3. The number of alkyl halides is 2. The minimum Gasteiger partial charge on any atom is -0.368 e. The van der Waals surface area contributed by atoms with Crippen molar-refractivity contribution in [2.24, 2.45) is 11.1 Å². The molecule has 0 saturated carbocycles. The Balaban J connectivity index is 2.62. The molecule has 1 amide bonds. The van der Waals surface area contributed by atoms with E-state index in [0.717, 1.165) is 5.56 Å². The quantitative estimate of drug-likeness (QED) is 0.799. The average molecular weight is 270 g/mol. The van der Waals surface area contributed by atoms with Crippen LogP contribution in [0.4, 0.5) is 8.78 Å². The summed E-state index contributed by atoms with van der Waals surface area (Å²) in [6, 6.07) is 8.66. The minimum atomic E-state index is -2.49. The molecule has 1 rings (SSSR count). The van der Waals surface area contributed by atoms with Gasteiger partial charge in [0.05, 0.1) is 6.04 Å². The SMILES string of the molecule is CC(C)(CC(NCc1ccccc1)C(N)=O)C(F)F. The van der Waals surface area contributed by atoms with Crippen LogP contribution >= 0.6 is 0 Å². The maximum atomic E-state index is 12.8. The first-order chi connectivity index (χ1) is 8.83. The van der Waals surface area contributed by atoms with Crippen LogP contribution in [0.1, 0.15) is 25.8 Å². The number of hydrogen-bond donors (Lipinski definition) is 2. The van der Waals surface area contributed by atoms with Gasteiger partial charge in [-0.2, -0.15) is 0 Å². The molecule has 106 valence electrons. The zero-order valence-electron chi connectivity index (χ0n) is 11.2. The van der Waals surface area contributed by atoms with Crippen LogP contribution in [-0.4, -0.2) is 18.4 Å². The smallest absolute Gasteiger partial charge is 0.243 e. The lowest BCUT2D eigenvalue weighted by Crippen LogP contribution is -2.45. The molecule has 0 bridgehead atoms. The van der Waals surface area contributed by atoms with E-state index in [0.29, 0.717) is 6.54 Å². The molecule has 1 aromatic rings. The van der Waals surface area contributed by atoms with E-state index in [1.165, 1.54) is 13.8 Å². The van der Waals surface area contributed by atoms with Crippen LogP contribution in [0.3, 0.4) is 0 Å². The number of amides is 1. The molecule has 0 aliphatic heterocycles. The van der Waals surface area contributed by atoms with E-state index < -0.39 is 23.8 Å². The molecule has 0 aliphatic rings. The van der Waals surface area contributed by atoms with Gasteiger partial charge in [-0.1, -0.05) is 44.2 Å². The summed E-state index contributed by atoms with van der Waals surface area (Å²) in [5.41, 5.74) is 4.99. The third-order valence-corrected chi connectivity index (χ3v) is 3.06. The molecule has 1 aromatic carbocycles. The summed E-state index contributed by atoms with van der Waals surface area (Å²) >= 11 is 0. The standard InChI is InChI=1S/C14H20F2N2O/c1-14(2,13(15)16)8-11(12(17)19)18-9-10-6-4-3-5-7-10/h3-7,11,13,18H,8-9H2,1-2H3,(H2,17,19). The van der Waals surface area contributed by atoms with Gasteiger partial charge in [-0.3, -0.25) is 4.79 Å². The Kier molecular flexibility index (Phi) is 5.42. The highest BCUT2D eigenvalue weighted by Gasteiger charge is 2.34. The van der Waals surface area contributed by atoms with Gasteiger partial charge in [-0.25, -0.2) is 8.78 Å². The van der Waals surface area contributed by atoms with Crippen molar-refractivity contribution in [3.05, 3.63) is 35.9 Å². The van der Waals surface area contributed by atoms with Crippen molar-refractivity contribution < 1.29 is 13.6 Å². The van der Waals surface area contributed by atoms with Crippen LogP contribution in [0.15, 0.2) is 30.3 Å². The predicted octanol–water partition coefficient (Wildman–Crippen LogP) is 2.31. The van der Waals surface area contributed by atoms with E-state index in [1.807, 2.05) is 30.3 Å². The summed E-state index contributed by atoms with van der Waals surface area (Å²) in [6.45, 7) is 3.28. The van der Waals surface area contributed by atoms with Gasteiger partial charge in [0.25, 0.3) is 0 Å². The Bertz CT molecular complexity index is 407. The van der Waals surface area contributed by atoms with E-state index in [-0.39, 0.29) is 6.42 Å². The largest absolute Gasteiger partial charge is 0.368 e. The van der Waals surface area contributed by atoms with Gasteiger partial charge in [0.1, 0.15) is 0 Å². The summed E-state index contributed by atoms with van der Waals surface area (Å²) in [5, 5.41) is 2.94. The molecule has 3 N–H and O–H groups in total. The zero-order valence-corrected chi connectivity index (χ0v) is 11.2. The van der Waals surface area contributed by atoms with Gasteiger partial charge >= 0.3 is 0 Å². The van der Waals surface area contributed by atoms with Crippen LogP contribution in [0.25, 0.3) is 0 Å². The Morgan fingerprint density at radius 2 is 1.89 bits per heavy atom. The molecule has 19 heavy (non-hydrogen) atoms. The first kappa shape index (κ1) is 15.6. The van der Waals surface area contributed by atoms with Crippen LogP contribution in [0.5, 0.6) is 0 Å². The number of halogens is 2. The molecule has 0 fully saturated rings. The summed E-state index contributed by atoms with van der Waals surface area (Å²) < 4.78 is 25.6. The molecular weight excluding hydrogens is 250 g/mol. The first-order valence-corrected chi connectivity index (χ1v) is 6.17. The van der Waals surface area contributed by atoms with Gasteiger partial charge in [0.2, 0.25) is 12.3 Å². The van der Waals surface area contributed by atoms with Crippen molar-refractivity contribution >= 4 is 5.91 Å². The van der Waals surface area contributed by atoms with Gasteiger partial charge in [0.15, 0.2) is 0 Å². The third-order valence-electron chi connectivity index (χ3n) is 3.06. The average Bonchev–Trinajstić information content (AvgIpc) is 2.35. The molecule has 5 heteroatoms. The number of rotatable bonds is 7. The lowest BCUT2D eigenvalue weighted by Gasteiger charge is -2.28. The highest BCUT2D eigenvalue weighted by molar-refractivity contribution is 5.79. The fourth-order valence-electron chi connectivity index (χ4n) is 1.73. The fraction of sp³-hybridized carbons (Fsp3) is 0.500. The maximum Gasteiger partial charge on any atom is 0.243 e. The molecule has 1 atom stereocenters. The second-order valence-corrected chi connectivity index (χ2v) is 5.31. The van der Waals surface area contributed by atoms with Crippen LogP contribution in [0, 0.1) is 5.41 Å². The topological polar surface area (TPSA) is 55.1 Å². The number of benzene rings is 1. The minimum absolute atomic E-state index is 0.00678. The molecule has 3 nitrogen and oxygen atoms in total. The molecule has 0 radical (unpaired) electrons.